The number of aromatic nitrogens is 3. The summed E-state index contributed by atoms with van der Waals surface area (Å²) in [6, 6.07) is 13.2. The molecule has 30 heavy (non-hydrogen) atoms. The van der Waals surface area contributed by atoms with Crippen molar-refractivity contribution in [2.45, 2.75) is 54.4 Å². The molecule has 0 spiro atoms. The van der Waals surface area contributed by atoms with E-state index in [0.717, 1.165) is 48.6 Å². The molecular formula is C26H32N4. The first-order chi connectivity index (χ1) is 14.5. The van der Waals surface area contributed by atoms with Crippen molar-refractivity contribution in [1.82, 2.24) is 14.5 Å². The van der Waals surface area contributed by atoms with Gasteiger partial charge in [-0.1, -0.05) is 49.7 Å². The Kier molecular flexibility index (Phi) is 5.50. The number of anilines is 1. The van der Waals surface area contributed by atoms with E-state index in [0.29, 0.717) is 0 Å². The molecule has 4 rings (SSSR count). The second kappa shape index (κ2) is 8.10. The van der Waals surface area contributed by atoms with Gasteiger partial charge in [-0.3, -0.25) is 4.57 Å². The van der Waals surface area contributed by atoms with Gasteiger partial charge in [0.2, 0.25) is 0 Å². The third kappa shape index (κ3) is 3.34. The molecule has 0 saturated heterocycles. The number of para-hydroxylation sites is 1. The van der Waals surface area contributed by atoms with Gasteiger partial charge in [0.05, 0.1) is 16.6 Å². The lowest BCUT2D eigenvalue weighted by molar-refractivity contribution is 0.734. The van der Waals surface area contributed by atoms with E-state index in [9.17, 15) is 0 Å². The fourth-order valence-corrected chi connectivity index (χ4v) is 4.78. The van der Waals surface area contributed by atoms with Crippen molar-refractivity contribution in [2.75, 3.05) is 18.0 Å². The highest BCUT2D eigenvalue weighted by atomic mass is 15.2. The van der Waals surface area contributed by atoms with Crippen molar-refractivity contribution in [2.24, 2.45) is 0 Å². The number of hydrogen-bond acceptors (Lipinski definition) is 3. The summed E-state index contributed by atoms with van der Waals surface area (Å²) in [6.07, 6.45) is 2.19. The minimum atomic E-state index is 0.821. The molecule has 0 saturated carbocycles. The van der Waals surface area contributed by atoms with Gasteiger partial charge in [-0.15, -0.1) is 0 Å². The molecule has 156 valence electrons. The van der Waals surface area contributed by atoms with E-state index >= 15 is 0 Å². The maximum atomic E-state index is 4.98. The van der Waals surface area contributed by atoms with Crippen LogP contribution in [-0.2, 0) is 0 Å². The molecule has 0 fully saturated rings. The second-order valence-corrected chi connectivity index (χ2v) is 8.38. The molecular weight excluding hydrogens is 368 g/mol. The minimum absolute atomic E-state index is 0.821. The van der Waals surface area contributed by atoms with Gasteiger partial charge in [0.1, 0.15) is 11.6 Å². The summed E-state index contributed by atoms with van der Waals surface area (Å²) in [5.74, 6) is 1.89. The molecule has 0 unspecified atom stereocenters. The van der Waals surface area contributed by atoms with Gasteiger partial charge in [-0.05, 0) is 57.7 Å². The molecule has 0 bridgehead atoms. The maximum Gasteiger partial charge on any atom is 0.151 e. The summed E-state index contributed by atoms with van der Waals surface area (Å²) in [7, 11) is 0. The second-order valence-electron chi connectivity index (χ2n) is 8.38. The highest BCUT2D eigenvalue weighted by Crippen LogP contribution is 2.38. The van der Waals surface area contributed by atoms with Crippen LogP contribution < -0.4 is 4.90 Å². The van der Waals surface area contributed by atoms with Crippen LogP contribution in [0.4, 0.5) is 5.82 Å². The highest BCUT2D eigenvalue weighted by Gasteiger charge is 2.22. The van der Waals surface area contributed by atoms with Crippen molar-refractivity contribution >= 4 is 27.8 Å². The normalized spacial score (nSPS) is 11.5. The third-order valence-corrected chi connectivity index (χ3v) is 5.75. The van der Waals surface area contributed by atoms with Crippen LogP contribution in [0.25, 0.3) is 27.6 Å². The zero-order valence-electron chi connectivity index (χ0n) is 19.1. The number of aryl methyl sites for hydroxylation is 4. The van der Waals surface area contributed by atoms with Crippen LogP contribution in [0, 0.1) is 27.7 Å². The van der Waals surface area contributed by atoms with Crippen LogP contribution in [-0.4, -0.2) is 27.6 Å². The zero-order chi connectivity index (χ0) is 21.4. The molecule has 4 aromatic rings. The summed E-state index contributed by atoms with van der Waals surface area (Å²) in [5.41, 5.74) is 7.26. The first kappa shape index (κ1) is 20.4. The van der Waals surface area contributed by atoms with Gasteiger partial charge in [-0.2, -0.15) is 0 Å². The molecule has 0 aliphatic carbocycles. The Bertz CT molecular complexity index is 1190. The SMILES string of the molecule is CCCN(CCC)c1nc(C)nc2c1c1ccccc1n2-c1c(C)cc(C)cc1C. The smallest absolute Gasteiger partial charge is 0.151 e. The minimum Gasteiger partial charge on any atom is -0.356 e. The molecule has 0 aliphatic rings. The third-order valence-electron chi connectivity index (χ3n) is 5.75. The summed E-state index contributed by atoms with van der Waals surface area (Å²) < 4.78 is 2.35. The zero-order valence-corrected chi connectivity index (χ0v) is 19.1. The molecule has 2 heterocycles. The largest absolute Gasteiger partial charge is 0.356 e. The van der Waals surface area contributed by atoms with Crippen molar-refractivity contribution < 1.29 is 0 Å². The maximum absolute atomic E-state index is 4.98. The number of nitrogens with zero attached hydrogens (tertiary/aromatic N) is 4. The van der Waals surface area contributed by atoms with Crippen molar-refractivity contribution in [3.8, 4) is 5.69 Å². The average molecular weight is 401 g/mol. The molecule has 0 aliphatic heterocycles. The van der Waals surface area contributed by atoms with Crippen LogP contribution in [0.2, 0.25) is 0 Å². The van der Waals surface area contributed by atoms with E-state index in [1.807, 2.05) is 6.92 Å². The van der Waals surface area contributed by atoms with E-state index in [4.69, 9.17) is 9.97 Å². The van der Waals surface area contributed by atoms with E-state index in [1.165, 1.54) is 33.3 Å². The van der Waals surface area contributed by atoms with Crippen molar-refractivity contribution in [3.63, 3.8) is 0 Å². The summed E-state index contributed by atoms with van der Waals surface area (Å²) in [4.78, 5) is 12.4. The van der Waals surface area contributed by atoms with Gasteiger partial charge in [0.25, 0.3) is 0 Å². The van der Waals surface area contributed by atoms with E-state index < -0.39 is 0 Å². The van der Waals surface area contributed by atoms with Gasteiger partial charge < -0.3 is 4.90 Å². The van der Waals surface area contributed by atoms with Crippen molar-refractivity contribution in [1.29, 1.82) is 0 Å². The summed E-state index contributed by atoms with van der Waals surface area (Å²) in [5, 5.41) is 2.39. The van der Waals surface area contributed by atoms with Gasteiger partial charge in [0.15, 0.2) is 5.65 Å². The Morgan fingerprint density at radius 2 is 1.50 bits per heavy atom. The standard InChI is InChI=1S/C26H32N4/c1-7-13-29(14-8-2)25-23-21-11-9-10-12-22(21)30(26(23)28-20(6)27-25)24-18(4)15-17(3)16-19(24)5/h9-12,15-16H,7-8,13-14H2,1-6H3. The molecule has 2 aromatic heterocycles. The highest BCUT2D eigenvalue weighted by molar-refractivity contribution is 6.13. The van der Waals surface area contributed by atoms with Crippen molar-refractivity contribution in [3.05, 3.63) is 58.9 Å². The first-order valence-corrected chi connectivity index (χ1v) is 11.1. The number of benzene rings is 2. The van der Waals surface area contributed by atoms with E-state index in [1.54, 1.807) is 0 Å². The number of fused-ring (bicyclic) bond motifs is 3. The van der Waals surface area contributed by atoms with Crippen LogP contribution in [0.1, 0.15) is 49.2 Å². The lowest BCUT2D eigenvalue weighted by atomic mass is 10.0. The van der Waals surface area contributed by atoms with Crippen LogP contribution >= 0.6 is 0 Å². The molecule has 2 aromatic carbocycles. The Labute approximate surface area is 179 Å². The molecule has 4 heteroatoms. The predicted molar refractivity (Wildman–Crippen MR) is 128 cm³/mol. The van der Waals surface area contributed by atoms with Gasteiger partial charge in [-0.25, -0.2) is 9.97 Å². The van der Waals surface area contributed by atoms with E-state index in [2.05, 4.69) is 80.5 Å². The summed E-state index contributed by atoms with van der Waals surface area (Å²) >= 11 is 0. The Morgan fingerprint density at radius 3 is 2.13 bits per heavy atom. The molecule has 0 atom stereocenters. The summed E-state index contributed by atoms with van der Waals surface area (Å²) in [6.45, 7) is 15.0. The average Bonchev–Trinajstić information content (AvgIpc) is 3.01. The van der Waals surface area contributed by atoms with Crippen LogP contribution in [0.15, 0.2) is 36.4 Å². The predicted octanol–water partition coefficient (Wildman–Crippen LogP) is 6.43. The van der Waals surface area contributed by atoms with Crippen LogP contribution in [0.3, 0.4) is 0 Å². The lowest BCUT2D eigenvalue weighted by Crippen LogP contribution is -2.26. The van der Waals surface area contributed by atoms with Crippen LogP contribution in [0.5, 0.6) is 0 Å². The quantitative estimate of drug-likeness (QED) is 0.374. The van der Waals surface area contributed by atoms with Gasteiger partial charge >= 0.3 is 0 Å². The molecule has 0 radical (unpaired) electrons. The monoisotopic (exact) mass is 400 g/mol. The number of hydrogen-bond donors (Lipinski definition) is 0. The Balaban J connectivity index is 2.15. The molecule has 4 nitrogen and oxygen atoms in total. The molecule has 0 amide bonds. The fraction of sp³-hybridized carbons (Fsp3) is 0.385. The number of rotatable bonds is 6. The van der Waals surface area contributed by atoms with E-state index in [-0.39, 0.29) is 0 Å². The topological polar surface area (TPSA) is 34.0 Å². The Hall–Kier alpha value is -2.88. The lowest BCUT2D eigenvalue weighted by Gasteiger charge is -2.24. The molecule has 0 N–H and O–H groups in total. The first-order valence-electron chi connectivity index (χ1n) is 11.1. The Morgan fingerprint density at radius 1 is 0.867 bits per heavy atom. The van der Waals surface area contributed by atoms with Gasteiger partial charge in [0, 0.05) is 18.5 Å². The fourth-order valence-electron chi connectivity index (χ4n) is 4.78.